The fourth-order valence-electron chi connectivity index (χ4n) is 2.22. The van der Waals surface area contributed by atoms with E-state index < -0.39 is 0 Å². The maximum absolute atomic E-state index is 8.84. The molecule has 108 valence electrons. The number of hydrogen-bond donors (Lipinski definition) is 0. The van der Waals surface area contributed by atoms with Crippen LogP contribution in [0.2, 0.25) is 0 Å². The van der Waals surface area contributed by atoms with Gasteiger partial charge in [0.05, 0.1) is 18.7 Å². The van der Waals surface area contributed by atoms with Crippen LogP contribution < -0.4 is 0 Å². The summed E-state index contributed by atoms with van der Waals surface area (Å²) in [7, 11) is 0. The zero-order valence-electron chi connectivity index (χ0n) is 12.6. The minimum absolute atomic E-state index is 0.117. The molecule has 0 amide bonds. The molecule has 0 aromatic heterocycles. The van der Waals surface area contributed by atoms with Crippen LogP contribution in [0.3, 0.4) is 0 Å². The smallest absolute Gasteiger partial charge is 0.227 e. The second-order valence-electron chi connectivity index (χ2n) is 5.09. The first kappa shape index (κ1) is 18.2. The van der Waals surface area contributed by atoms with Gasteiger partial charge in [-0.25, -0.2) is 10.1 Å². The van der Waals surface area contributed by atoms with E-state index in [2.05, 4.69) is 11.8 Å². The van der Waals surface area contributed by atoms with Gasteiger partial charge in [-0.1, -0.05) is 64.7 Å². The van der Waals surface area contributed by atoms with Gasteiger partial charge >= 0.3 is 0 Å². The lowest BCUT2D eigenvalue weighted by Crippen LogP contribution is -1.89. The van der Waals surface area contributed by atoms with Gasteiger partial charge in [0.2, 0.25) is 0 Å². The van der Waals surface area contributed by atoms with Crippen LogP contribution in [0.15, 0.2) is 11.3 Å². The molecule has 0 aliphatic rings. The van der Waals surface area contributed by atoms with E-state index in [9.17, 15) is 0 Å². The first-order valence-corrected chi connectivity index (χ1v) is 7.66. The lowest BCUT2D eigenvalue weighted by molar-refractivity contribution is 0.563. The average molecular weight is 271 g/mol. The van der Waals surface area contributed by atoms with E-state index in [0.717, 1.165) is 12.8 Å². The normalized spacial score (nSPS) is 11.1. The van der Waals surface area contributed by atoms with Gasteiger partial charge < -0.3 is 0 Å². The molecule has 0 aromatic rings. The maximum atomic E-state index is 8.84. The fourth-order valence-corrected chi connectivity index (χ4v) is 2.22. The molecule has 0 fully saturated rings. The molecule has 0 heterocycles. The zero-order chi connectivity index (χ0) is 15.1. The van der Waals surface area contributed by atoms with Crippen LogP contribution in [0.5, 0.6) is 0 Å². The van der Waals surface area contributed by atoms with Crippen molar-refractivity contribution in [1.82, 2.24) is 0 Å². The van der Waals surface area contributed by atoms with E-state index in [1.807, 2.05) is 12.1 Å². The van der Waals surface area contributed by atoms with E-state index in [1.54, 1.807) is 0 Å². The van der Waals surface area contributed by atoms with Crippen LogP contribution in [0.1, 0.15) is 77.6 Å². The van der Waals surface area contributed by atoms with Crippen molar-refractivity contribution in [2.75, 3.05) is 0 Å². The lowest BCUT2D eigenvalue weighted by Gasteiger charge is -2.04. The Bertz CT molecular complexity index is 385. The molecule has 0 spiro atoms. The highest BCUT2D eigenvalue weighted by atomic mass is 14.7. The standard InChI is InChI=1S/C17H25N3/c1-3-4-5-6-7-8-9-10-11-12-16(13-14-18)17(15-19)20-2/h3-13H2,1H3/b17-16+. The number of nitriles is 2. The number of hydrogen-bond acceptors (Lipinski definition) is 2. The van der Waals surface area contributed by atoms with Gasteiger partial charge in [0.1, 0.15) is 0 Å². The second kappa shape index (κ2) is 13.6. The van der Waals surface area contributed by atoms with Crippen molar-refractivity contribution < 1.29 is 0 Å². The number of nitrogens with zero attached hydrogens (tertiary/aromatic N) is 3. The summed E-state index contributed by atoms with van der Waals surface area (Å²) >= 11 is 0. The summed E-state index contributed by atoms with van der Waals surface area (Å²) in [5.41, 5.74) is 0.832. The van der Waals surface area contributed by atoms with Crippen molar-refractivity contribution in [3.8, 4) is 12.1 Å². The van der Waals surface area contributed by atoms with E-state index in [-0.39, 0.29) is 12.1 Å². The Morgan fingerprint density at radius 3 is 1.95 bits per heavy atom. The molecular formula is C17H25N3. The van der Waals surface area contributed by atoms with Gasteiger partial charge in [-0.05, 0) is 12.0 Å². The van der Waals surface area contributed by atoms with Gasteiger partial charge in [-0.2, -0.15) is 5.26 Å². The van der Waals surface area contributed by atoms with Gasteiger partial charge in [-0.3, -0.25) is 0 Å². The molecule has 0 aliphatic carbocycles. The summed E-state index contributed by atoms with van der Waals surface area (Å²) < 4.78 is 0. The molecule has 20 heavy (non-hydrogen) atoms. The van der Waals surface area contributed by atoms with Crippen LogP contribution in [-0.2, 0) is 0 Å². The Hall–Kier alpha value is -1.79. The third kappa shape index (κ3) is 9.18. The number of unbranched alkanes of at least 4 members (excludes halogenated alkanes) is 8. The minimum atomic E-state index is 0.117. The molecule has 0 atom stereocenters. The van der Waals surface area contributed by atoms with Crippen molar-refractivity contribution in [3.63, 3.8) is 0 Å². The molecule has 0 saturated carbocycles. The predicted octanol–water partition coefficient (Wildman–Crippen LogP) is 5.52. The summed E-state index contributed by atoms with van der Waals surface area (Å²) in [4.78, 5) is 3.20. The molecule has 0 bridgehead atoms. The monoisotopic (exact) mass is 271 g/mol. The van der Waals surface area contributed by atoms with Gasteiger partial charge in [0, 0.05) is 6.42 Å². The Labute approximate surface area is 123 Å². The number of allylic oxidation sites excluding steroid dienone is 2. The van der Waals surface area contributed by atoms with Crippen molar-refractivity contribution in [2.45, 2.75) is 77.6 Å². The number of rotatable bonds is 11. The third-order valence-electron chi connectivity index (χ3n) is 3.43. The van der Waals surface area contributed by atoms with Crippen molar-refractivity contribution >= 4 is 0 Å². The van der Waals surface area contributed by atoms with E-state index >= 15 is 0 Å². The molecule has 0 saturated heterocycles. The van der Waals surface area contributed by atoms with Crippen LogP contribution in [0.4, 0.5) is 0 Å². The highest BCUT2D eigenvalue weighted by molar-refractivity contribution is 5.34. The maximum Gasteiger partial charge on any atom is 0.262 e. The topological polar surface area (TPSA) is 51.9 Å². The highest BCUT2D eigenvalue weighted by Gasteiger charge is 2.06. The van der Waals surface area contributed by atoms with Crippen molar-refractivity contribution in [3.05, 3.63) is 22.7 Å². The summed E-state index contributed by atoms with van der Waals surface area (Å²) in [6, 6.07) is 3.94. The molecule has 0 aromatic carbocycles. The predicted molar refractivity (Wildman–Crippen MR) is 81.3 cm³/mol. The third-order valence-corrected chi connectivity index (χ3v) is 3.43. The first-order valence-electron chi connectivity index (χ1n) is 7.66. The summed E-state index contributed by atoms with van der Waals surface area (Å²) in [5.74, 6) is 0. The second-order valence-corrected chi connectivity index (χ2v) is 5.09. The first-order chi connectivity index (χ1) is 9.79. The SMILES string of the molecule is [C-]#[N+]/C(C#N)=C(/CC#N)CCCCCCCCCCC. The highest BCUT2D eigenvalue weighted by Crippen LogP contribution is 2.18. The summed E-state index contributed by atoms with van der Waals surface area (Å²) in [6.07, 6.45) is 12.1. The van der Waals surface area contributed by atoms with Crippen LogP contribution in [0.25, 0.3) is 4.85 Å². The molecule has 3 nitrogen and oxygen atoms in total. The Morgan fingerprint density at radius 1 is 0.950 bits per heavy atom. The van der Waals surface area contributed by atoms with Gasteiger partial charge in [-0.15, -0.1) is 0 Å². The Kier molecular flexibility index (Phi) is 12.4. The van der Waals surface area contributed by atoms with Crippen molar-refractivity contribution in [2.24, 2.45) is 0 Å². The van der Waals surface area contributed by atoms with Gasteiger partial charge in [0.15, 0.2) is 0 Å². The average Bonchev–Trinajstić information content (AvgIpc) is 2.46. The van der Waals surface area contributed by atoms with Gasteiger partial charge in [0.25, 0.3) is 5.70 Å². The van der Waals surface area contributed by atoms with E-state index in [1.165, 1.54) is 44.9 Å². The summed E-state index contributed by atoms with van der Waals surface area (Å²) in [6.45, 7) is 9.16. The lowest BCUT2D eigenvalue weighted by atomic mass is 10.0. The Balaban J connectivity index is 3.77. The molecule has 3 heteroatoms. The van der Waals surface area contributed by atoms with E-state index in [0.29, 0.717) is 12.0 Å². The molecular weight excluding hydrogens is 246 g/mol. The molecule has 0 unspecified atom stereocenters. The minimum Gasteiger partial charge on any atom is -0.227 e. The molecule has 0 N–H and O–H groups in total. The molecule has 0 aliphatic heterocycles. The molecule has 0 radical (unpaired) electrons. The quantitative estimate of drug-likeness (QED) is 0.282. The van der Waals surface area contributed by atoms with Crippen LogP contribution in [-0.4, -0.2) is 0 Å². The van der Waals surface area contributed by atoms with Crippen LogP contribution >= 0.6 is 0 Å². The Morgan fingerprint density at radius 2 is 1.50 bits per heavy atom. The fraction of sp³-hybridized carbons (Fsp3) is 0.706. The zero-order valence-corrected chi connectivity index (χ0v) is 12.6. The summed E-state index contributed by atoms with van der Waals surface area (Å²) in [5, 5.41) is 17.6. The van der Waals surface area contributed by atoms with Crippen molar-refractivity contribution in [1.29, 1.82) is 10.5 Å². The molecule has 0 rings (SSSR count). The van der Waals surface area contributed by atoms with Crippen LogP contribution in [0, 0.1) is 29.2 Å². The largest absolute Gasteiger partial charge is 0.262 e. The van der Waals surface area contributed by atoms with E-state index in [4.69, 9.17) is 17.1 Å².